The number of benzene rings is 1. The van der Waals surface area contributed by atoms with Crippen molar-refractivity contribution in [3.8, 4) is 11.5 Å². The number of carbonyl (C=O) groups is 1. The molecule has 1 aromatic carbocycles. The Hall–Kier alpha value is -2.57. The van der Waals surface area contributed by atoms with E-state index in [1.165, 1.54) is 0 Å². The molecule has 7 nitrogen and oxygen atoms in total. The van der Waals surface area contributed by atoms with Gasteiger partial charge in [-0.05, 0) is 11.6 Å². The van der Waals surface area contributed by atoms with Crippen LogP contribution in [0.25, 0.3) is 0 Å². The van der Waals surface area contributed by atoms with E-state index in [1.54, 1.807) is 18.2 Å². The predicted octanol–water partition coefficient (Wildman–Crippen LogP) is 1.60. The largest absolute Gasteiger partial charge is 0.484 e. The molecule has 1 aromatic heterocycles. The number of nitrogens with zero attached hydrogens (tertiary/aromatic N) is 2. The van der Waals surface area contributed by atoms with E-state index in [0.717, 1.165) is 5.56 Å². The monoisotopic (exact) mass is 290 g/mol. The number of hydrogen-bond donors (Lipinski definition) is 1. The maximum absolute atomic E-state index is 10.9. The Morgan fingerprint density at radius 1 is 1.52 bits per heavy atom. The van der Waals surface area contributed by atoms with Crippen molar-refractivity contribution in [3.63, 3.8) is 0 Å². The summed E-state index contributed by atoms with van der Waals surface area (Å²) in [7, 11) is 0. The maximum Gasteiger partial charge on any atom is 0.345 e. The van der Waals surface area contributed by atoms with Crippen LogP contribution < -0.4 is 9.47 Å². The molecule has 2 heterocycles. The standard InChI is InChI=1S/C14H14N2O5/c1-2-12-15-13(21-16-12)7-19-9-4-3-8-5-11(14(17)18)20-10(8)6-9/h3-4,6,11H,2,5,7H2,1H3,(H,17,18). The van der Waals surface area contributed by atoms with Gasteiger partial charge in [0.1, 0.15) is 11.5 Å². The fraction of sp³-hybridized carbons (Fsp3) is 0.357. The van der Waals surface area contributed by atoms with Gasteiger partial charge in [-0.2, -0.15) is 4.98 Å². The number of carboxylic acid groups (broad SMARTS) is 1. The van der Waals surface area contributed by atoms with E-state index in [2.05, 4.69) is 10.1 Å². The van der Waals surface area contributed by atoms with Crippen molar-refractivity contribution in [2.75, 3.05) is 0 Å². The minimum atomic E-state index is -0.966. The molecule has 1 atom stereocenters. The lowest BCUT2D eigenvalue weighted by Crippen LogP contribution is -2.24. The molecule has 0 amide bonds. The minimum absolute atomic E-state index is 0.161. The molecule has 1 aliphatic rings. The highest BCUT2D eigenvalue weighted by atomic mass is 16.5. The Bertz CT molecular complexity index is 667. The fourth-order valence-corrected chi connectivity index (χ4v) is 2.07. The highest BCUT2D eigenvalue weighted by Gasteiger charge is 2.29. The molecule has 2 aromatic rings. The third kappa shape index (κ3) is 2.81. The first kappa shape index (κ1) is 13.4. The van der Waals surface area contributed by atoms with E-state index in [9.17, 15) is 4.79 Å². The van der Waals surface area contributed by atoms with Gasteiger partial charge in [0, 0.05) is 18.9 Å². The van der Waals surface area contributed by atoms with E-state index in [0.29, 0.717) is 36.1 Å². The van der Waals surface area contributed by atoms with Crippen LogP contribution in [0.3, 0.4) is 0 Å². The lowest BCUT2D eigenvalue weighted by molar-refractivity contribution is -0.144. The highest BCUT2D eigenvalue weighted by Crippen LogP contribution is 2.32. The van der Waals surface area contributed by atoms with E-state index < -0.39 is 12.1 Å². The number of aliphatic carboxylic acids is 1. The molecule has 3 rings (SSSR count). The maximum atomic E-state index is 10.9. The Labute approximate surface area is 120 Å². The number of fused-ring (bicyclic) bond motifs is 1. The topological polar surface area (TPSA) is 94.7 Å². The zero-order valence-corrected chi connectivity index (χ0v) is 11.4. The van der Waals surface area contributed by atoms with Gasteiger partial charge in [-0.15, -0.1) is 0 Å². The molecule has 0 saturated heterocycles. The van der Waals surface area contributed by atoms with Crippen LogP contribution in [-0.4, -0.2) is 27.3 Å². The summed E-state index contributed by atoms with van der Waals surface area (Å²) in [5.41, 5.74) is 0.862. The van der Waals surface area contributed by atoms with Crippen molar-refractivity contribution in [2.24, 2.45) is 0 Å². The fourth-order valence-electron chi connectivity index (χ4n) is 2.07. The van der Waals surface area contributed by atoms with Gasteiger partial charge in [0.2, 0.25) is 0 Å². The lowest BCUT2D eigenvalue weighted by atomic mass is 10.1. The summed E-state index contributed by atoms with van der Waals surface area (Å²) in [6.07, 6.45) is 0.250. The minimum Gasteiger partial charge on any atom is -0.484 e. The van der Waals surface area contributed by atoms with Gasteiger partial charge in [0.05, 0.1) is 0 Å². The smallest absolute Gasteiger partial charge is 0.345 e. The number of aromatic nitrogens is 2. The van der Waals surface area contributed by atoms with Gasteiger partial charge < -0.3 is 19.1 Å². The SMILES string of the molecule is CCc1noc(COc2ccc3c(c2)OC(C(=O)O)C3)n1. The average Bonchev–Trinajstić information content (AvgIpc) is 3.11. The number of hydrogen-bond acceptors (Lipinski definition) is 6. The molecule has 0 bridgehead atoms. The van der Waals surface area contributed by atoms with Crippen molar-refractivity contribution in [2.45, 2.75) is 32.5 Å². The zero-order valence-electron chi connectivity index (χ0n) is 11.4. The van der Waals surface area contributed by atoms with Crippen LogP contribution in [0.1, 0.15) is 24.2 Å². The van der Waals surface area contributed by atoms with Gasteiger partial charge in [-0.1, -0.05) is 18.1 Å². The molecular weight excluding hydrogens is 276 g/mol. The van der Waals surface area contributed by atoms with Crippen molar-refractivity contribution in [3.05, 3.63) is 35.5 Å². The molecule has 1 N–H and O–H groups in total. The Kier molecular flexibility index (Phi) is 3.47. The molecule has 110 valence electrons. The quantitative estimate of drug-likeness (QED) is 0.893. The molecule has 1 aliphatic heterocycles. The number of ether oxygens (including phenoxy) is 2. The molecule has 7 heteroatoms. The highest BCUT2D eigenvalue weighted by molar-refractivity contribution is 5.74. The summed E-state index contributed by atoms with van der Waals surface area (Å²) in [5, 5.41) is 12.7. The van der Waals surface area contributed by atoms with Crippen LogP contribution in [0, 0.1) is 0 Å². The summed E-state index contributed by atoms with van der Waals surface area (Å²) in [5.74, 6) is 1.18. The first-order valence-electron chi connectivity index (χ1n) is 6.62. The normalized spacial score (nSPS) is 16.3. The van der Waals surface area contributed by atoms with Crippen LogP contribution in [0.15, 0.2) is 22.7 Å². The molecule has 0 fully saturated rings. The second-order valence-corrected chi connectivity index (χ2v) is 4.66. The van der Waals surface area contributed by atoms with E-state index in [1.807, 2.05) is 6.92 Å². The first-order valence-corrected chi connectivity index (χ1v) is 6.62. The third-order valence-corrected chi connectivity index (χ3v) is 3.18. The van der Waals surface area contributed by atoms with Crippen LogP contribution in [-0.2, 0) is 24.2 Å². The molecule has 0 saturated carbocycles. The summed E-state index contributed by atoms with van der Waals surface area (Å²) in [6, 6.07) is 5.25. The molecule has 0 spiro atoms. The molecular formula is C14H14N2O5. The number of carboxylic acids is 1. The van der Waals surface area contributed by atoms with Crippen LogP contribution in [0.5, 0.6) is 11.5 Å². The van der Waals surface area contributed by atoms with E-state index in [-0.39, 0.29) is 6.61 Å². The summed E-state index contributed by atoms with van der Waals surface area (Å²) in [4.78, 5) is 15.1. The Morgan fingerprint density at radius 2 is 2.38 bits per heavy atom. The van der Waals surface area contributed by atoms with Gasteiger partial charge >= 0.3 is 5.97 Å². The Morgan fingerprint density at radius 3 is 3.10 bits per heavy atom. The zero-order chi connectivity index (χ0) is 14.8. The summed E-state index contributed by atoms with van der Waals surface area (Å²) in [6.45, 7) is 2.10. The number of aryl methyl sites for hydroxylation is 1. The van der Waals surface area contributed by atoms with Gasteiger partial charge in [0.15, 0.2) is 18.5 Å². The van der Waals surface area contributed by atoms with E-state index >= 15 is 0 Å². The van der Waals surface area contributed by atoms with Crippen molar-refractivity contribution in [1.82, 2.24) is 10.1 Å². The van der Waals surface area contributed by atoms with Gasteiger partial charge in [-0.25, -0.2) is 4.79 Å². The molecule has 0 aliphatic carbocycles. The molecule has 0 radical (unpaired) electrons. The van der Waals surface area contributed by atoms with Crippen molar-refractivity contribution < 1.29 is 23.9 Å². The Balaban J connectivity index is 1.65. The predicted molar refractivity (Wildman–Crippen MR) is 70.2 cm³/mol. The molecule has 1 unspecified atom stereocenters. The van der Waals surface area contributed by atoms with Crippen molar-refractivity contribution in [1.29, 1.82) is 0 Å². The second-order valence-electron chi connectivity index (χ2n) is 4.66. The summed E-state index contributed by atoms with van der Waals surface area (Å²) < 4.78 is 15.9. The van der Waals surface area contributed by atoms with Gasteiger partial charge in [-0.3, -0.25) is 0 Å². The first-order chi connectivity index (χ1) is 10.2. The second kappa shape index (κ2) is 5.43. The molecule has 21 heavy (non-hydrogen) atoms. The summed E-state index contributed by atoms with van der Waals surface area (Å²) >= 11 is 0. The number of rotatable bonds is 5. The van der Waals surface area contributed by atoms with Crippen LogP contribution >= 0.6 is 0 Å². The lowest BCUT2D eigenvalue weighted by Gasteiger charge is -2.06. The third-order valence-electron chi connectivity index (χ3n) is 3.18. The van der Waals surface area contributed by atoms with Crippen molar-refractivity contribution >= 4 is 5.97 Å². The van der Waals surface area contributed by atoms with Gasteiger partial charge in [0.25, 0.3) is 5.89 Å². The van der Waals surface area contributed by atoms with E-state index in [4.69, 9.17) is 19.1 Å². The van der Waals surface area contributed by atoms with Crippen LogP contribution in [0.2, 0.25) is 0 Å². The van der Waals surface area contributed by atoms with Crippen LogP contribution in [0.4, 0.5) is 0 Å². The average molecular weight is 290 g/mol.